The molecule has 21 heavy (non-hydrogen) atoms. The van der Waals surface area contributed by atoms with Crippen LogP contribution in [0, 0.1) is 6.92 Å². The number of amides is 2. The van der Waals surface area contributed by atoms with Crippen molar-refractivity contribution in [2.75, 3.05) is 7.11 Å². The molecular formula is C17H15NO3. The average Bonchev–Trinajstić information content (AvgIpc) is 2.73. The molecule has 1 heterocycles. The molecule has 1 aliphatic heterocycles. The van der Waals surface area contributed by atoms with E-state index in [9.17, 15) is 9.59 Å². The standard InChI is InChI=1S/C17H15NO3/c1-11-9-12(7-8-15(11)21-2)10-18-16(19)13-5-3-4-6-14(13)17(18)20/h3-9H,10H2,1-2H3. The number of benzene rings is 2. The summed E-state index contributed by atoms with van der Waals surface area (Å²) in [4.78, 5) is 25.9. The van der Waals surface area contributed by atoms with Crippen LogP contribution < -0.4 is 4.74 Å². The second kappa shape index (κ2) is 5.05. The summed E-state index contributed by atoms with van der Waals surface area (Å²) in [6.07, 6.45) is 0. The summed E-state index contributed by atoms with van der Waals surface area (Å²) in [6.45, 7) is 2.21. The summed E-state index contributed by atoms with van der Waals surface area (Å²) in [5.41, 5.74) is 2.84. The Kier molecular flexibility index (Phi) is 3.22. The molecule has 3 rings (SSSR count). The Balaban J connectivity index is 1.88. The molecule has 4 heteroatoms. The van der Waals surface area contributed by atoms with Crippen LogP contribution >= 0.6 is 0 Å². The molecule has 106 valence electrons. The third-order valence-electron chi connectivity index (χ3n) is 3.68. The van der Waals surface area contributed by atoms with E-state index in [0.29, 0.717) is 11.1 Å². The number of hydrogen-bond donors (Lipinski definition) is 0. The van der Waals surface area contributed by atoms with Crippen molar-refractivity contribution in [3.05, 3.63) is 64.7 Å². The molecule has 0 spiro atoms. The first-order chi connectivity index (χ1) is 10.1. The summed E-state index contributed by atoms with van der Waals surface area (Å²) in [6, 6.07) is 12.6. The zero-order valence-electron chi connectivity index (χ0n) is 11.9. The zero-order chi connectivity index (χ0) is 15.0. The lowest BCUT2D eigenvalue weighted by molar-refractivity contribution is 0.0642. The first kappa shape index (κ1) is 13.4. The van der Waals surface area contributed by atoms with E-state index >= 15 is 0 Å². The minimum atomic E-state index is -0.232. The van der Waals surface area contributed by atoms with Crippen LogP contribution in [0.2, 0.25) is 0 Å². The maximum Gasteiger partial charge on any atom is 0.261 e. The minimum absolute atomic E-state index is 0.232. The van der Waals surface area contributed by atoms with Gasteiger partial charge < -0.3 is 4.74 Å². The first-order valence-electron chi connectivity index (χ1n) is 6.70. The molecule has 0 saturated heterocycles. The molecule has 2 amide bonds. The molecule has 0 unspecified atom stereocenters. The van der Waals surface area contributed by atoms with Gasteiger partial charge in [-0.2, -0.15) is 0 Å². The van der Waals surface area contributed by atoms with Crippen LogP contribution in [0.25, 0.3) is 0 Å². The van der Waals surface area contributed by atoms with Crippen molar-refractivity contribution >= 4 is 11.8 Å². The van der Waals surface area contributed by atoms with Gasteiger partial charge in [0.2, 0.25) is 0 Å². The predicted octanol–water partition coefficient (Wildman–Crippen LogP) is 2.80. The van der Waals surface area contributed by atoms with Crippen LogP contribution in [0.5, 0.6) is 5.75 Å². The van der Waals surface area contributed by atoms with Crippen molar-refractivity contribution in [2.24, 2.45) is 0 Å². The van der Waals surface area contributed by atoms with Crippen LogP contribution in [0.1, 0.15) is 31.8 Å². The first-order valence-corrected chi connectivity index (χ1v) is 6.70. The molecule has 0 radical (unpaired) electrons. The van der Waals surface area contributed by atoms with E-state index in [0.717, 1.165) is 16.9 Å². The minimum Gasteiger partial charge on any atom is -0.496 e. The smallest absolute Gasteiger partial charge is 0.261 e. The quantitative estimate of drug-likeness (QED) is 0.813. The van der Waals surface area contributed by atoms with Crippen molar-refractivity contribution in [3.63, 3.8) is 0 Å². The number of methoxy groups -OCH3 is 1. The maximum atomic E-state index is 12.3. The normalized spacial score (nSPS) is 13.5. The Bertz CT molecular complexity index is 702. The number of nitrogens with zero attached hydrogens (tertiary/aromatic N) is 1. The molecule has 2 aromatic carbocycles. The van der Waals surface area contributed by atoms with E-state index < -0.39 is 0 Å². The number of rotatable bonds is 3. The fourth-order valence-corrected chi connectivity index (χ4v) is 2.60. The summed E-state index contributed by atoms with van der Waals surface area (Å²) in [5, 5.41) is 0. The summed E-state index contributed by atoms with van der Waals surface area (Å²) >= 11 is 0. The Morgan fingerprint density at radius 1 is 1.00 bits per heavy atom. The van der Waals surface area contributed by atoms with E-state index in [2.05, 4.69) is 0 Å². The van der Waals surface area contributed by atoms with Gasteiger partial charge in [-0.15, -0.1) is 0 Å². The Morgan fingerprint density at radius 2 is 1.62 bits per heavy atom. The molecule has 0 atom stereocenters. The molecule has 4 nitrogen and oxygen atoms in total. The van der Waals surface area contributed by atoms with Gasteiger partial charge in [-0.1, -0.05) is 24.3 Å². The second-order valence-electron chi connectivity index (χ2n) is 5.05. The molecule has 0 fully saturated rings. The van der Waals surface area contributed by atoms with E-state index in [1.807, 2.05) is 25.1 Å². The van der Waals surface area contributed by atoms with Gasteiger partial charge in [0.15, 0.2) is 0 Å². The summed E-state index contributed by atoms with van der Waals surface area (Å²) < 4.78 is 5.22. The molecule has 2 aromatic rings. The Morgan fingerprint density at radius 3 is 2.14 bits per heavy atom. The molecule has 0 aliphatic carbocycles. The third-order valence-corrected chi connectivity index (χ3v) is 3.68. The highest BCUT2D eigenvalue weighted by atomic mass is 16.5. The largest absolute Gasteiger partial charge is 0.496 e. The van der Waals surface area contributed by atoms with Crippen molar-refractivity contribution in [3.8, 4) is 5.75 Å². The lowest BCUT2D eigenvalue weighted by atomic mass is 10.1. The van der Waals surface area contributed by atoms with Crippen LogP contribution in [-0.2, 0) is 6.54 Å². The number of hydrogen-bond acceptors (Lipinski definition) is 3. The topological polar surface area (TPSA) is 46.6 Å². The highest BCUT2D eigenvalue weighted by Gasteiger charge is 2.34. The number of aryl methyl sites for hydroxylation is 1. The average molecular weight is 281 g/mol. The van der Waals surface area contributed by atoms with Gasteiger partial charge in [0.25, 0.3) is 11.8 Å². The highest BCUT2D eigenvalue weighted by Crippen LogP contribution is 2.25. The van der Waals surface area contributed by atoms with Crippen molar-refractivity contribution in [1.82, 2.24) is 4.90 Å². The summed E-state index contributed by atoms with van der Waals surface area (Å²) in [5.74, 6) is 0.328. The Hall–Kier alpha value is -2.62. The van der Waals surface area contributed by atoms with Crippen molar-refractivity contribution in [1.29, 1.82) is 0 Å². The van der Waals surface area contributed by atoms with Gasteiger partial charge in [0, 0.05) is 0 Å². The van der Waals surface area contributed by atoms with Crippen LogP contribution in [0.3, 0.4) is 0 Å². The van der Waals surface area contributed by atoms with Gasteiger partial charge >= 0.3 is 0 Å². The molecule has 0 bridgehead atoms. The fourth-order valence-electron chi connectivity index (χ4n) is 2.60. The number of fused-ring (bicyclic) bond motifs is 1. The molecule has 0 N–H and O–H groups in total. The van der Waals surface area contributed by atoms with Gasteiger partial charge in [-0.25, -0.2) is 0 Å². The highest BCUT2D eigenvalue weighted by molar-refractivity contribution is 6.21. The monoisotopic (exact) mass is 281 g/mol. The van der Waals surface area contributed by atoms with Crippen molar-refractivity contribution < 1.29 is 14.3 Å². The molecule has 0 aromatic heterocycles. The predicted molar refractivity (Wildman–Crippen MR) is 78.4 cm³/mol. The molecule has 1 aliphatic rings. The summed E-state index contributed by atoms with van der Waals surface area (Å²) in [7, 11) is 1.62. The van der Waals surface area contributed by atoms with Crippen LogP contribution in [0.4, 0.5) is 0 Å². The van der Waals surface area contributed by atoms with Gasteiger partial charge in [-0.05, 0) is 36.2 Å². The van der Waals surface area contributed by atoms with E-state index in [-0.39, 0.29) is 18.4 Å². The maximum absolute atomic E-state index is 12.3. The second-order valence-corrected chi connectivity index (χ2v) is 5.05. The number of carbonyl (C=O) groups excluding carboxylic acids is 2. The van der Waals surface area contributed by atoms with Crippen molar-refractivity contribution in [2.45, 2.75) is 13.5 Å². The number of carbonyl (C=O) groups is 2. The van der Waals surface area contributed by atoms with E-state index in [1.165, 1.54) is 4.90 Å². The van der Waals surface area contributed by atoms with Crippen LogP contribution in [-0.4, -0.2) is 23.8 Å². The molecule has 0 saturated carbocycles. The third kappa shape index (κ3) is 2.18. The van der Waals surface area contributed by atoms with Gasteiger partial charge in [0.1, 0.15) is 5.75 Å². The number of ether oxygens (including phenoxy) is 1. The fraction of sp³-hybridized carbons (Fsp3) is 0.176. The number of imide groups is 1. The van der Waals surface area contributed by atoms with E-state index in [4.69, 9.17) is 4.74 Å². The van der Waals surface area contributed by atoms with E-state index in [1.54, 1.807) is 31.4 Å². The van der Waals surface area contributed by atoms with Crippen LogP contribution in [0.15, 0.2) is 42.5 Å². The zero-order valence-corrected chi connectivity index (χ0v) is 11.9. The lowest BCUT2D eigenvalue weighted by Gasteiger charge is -2.15. The molecular weight excluding hydrogens is 266 g/mol. The SMILES string of the molecule is COc1ccc(CN2C(=O)c3ccccc3C2=O)cc1C. The lowest BCUT2D eigenvalue weighted by Crippen LogP contribution is -2.29. The van der Waals surface area contributed by atoms with Gasteiger partial charge in [-0.3, -0.25) is 14.5 Å². The van der Waals surface area contributed by atoms with Gasteiger partial charge in [0.05, 0.1) is 24.8 Å². The Labute approximate surface area is 123 Å².